The summed E-state index contributed by atoms with van der Waals surface area (Å²) in [6, 6.07) is 4.53. The van der Waals surface area contributed by atoms with Crippen LogP contribution in [0.25, 0.3) is 0 Å². The third-order valence-electron chi connectivity index (χ3n) is 11.3. The van der Waals surface area contributed by atoms with Crippen LogP contribution in [0, 0.1) is 17.8 Å². The van der Waals surface area contributed by atoms with Gasteiger partial charge in [-0.15, -0.1) is 0 Å². The third-order valence-corrected chi connectivity index (χ3v) is 11.3. The van der Waals surface area contributed by atoms with Crippen molar-refractivity contribution in [3.05, 3.63) is 59.2 Å². The molecule has 0 saturated carbocycles. The molecule has 0 saturated heterocycles. The van der Waals surface area contributed by atoms with E-state index in [0.717, 1.165) is 5.56 Å². The monoisotopic (exact) mass is 825 g/mol. The number of carbonyl (C=O) groups excluding carboxylic acids is 7. The molecule has 1 aromatic carbocycles. The van der Waals surface area contributed by atoms with Gasteiger partial charge in [-0.25, -0.2) is 9.59 Å². The Morgan fingerprint density at radius 1 is 0.864 bits per heavy atom. The van der Waals surface area contributed by atoms with Crippen LogP contribution in [0.3, 0.4) is 0 Å². The Morgan fingerprint density at radius 2 is 1.46 bits per heavy atom. The Bertz CT molecular complexity index is 1700. The Morgan fingerprint density at radius 3 is 2.03 bits per heavy atom. The largest absolute Gasteiger partial charge is 0.456 e. The minimum Gasteiger partial charge on any atom is -0.456 e. The van der Waals surface area contributed by atoms with Gasteiger partial charge in [0, 0.05) is 37.9 Å². The van der Waals surface area contributed by atoms with Crippen LogP contribution in [0.2, 0.25) is 0 Å². The fraction of sp³-hybridized carbons (Fsp3) is 0.614. The Hall–Kier alpha value is -5.05. The molecule has 59 heavy (non-hydrogen) atoms. The quantitative estimate of drug-likeness (QED) is 0.234. The number of ether oxygens (including phenoxy) is 2. The molecule has 15 nitrogen and oxygen atoms in total. The number of aliphatic hydroxyl groups is 1. The molecule has 15 heteroatoms. The van der Waals surface area contributed by atoms with E-state index >= 15 is 0 Å². The smallest absolute Gasteiger partial charge is 0.334 e. The average Bonchev–Trinajstić information content (AvgIpc) is 3.22. The molecule has 0 spiro atoms. The van der Waals surface area contributed by atoms with E-state index in [4.69, 9.17) is 9.47 Å². The molecular weight excluding hydrogens is 759 g/mol. The van der Waals surface area contributed by atoms with Crippen LogP contribution in [-0.2, 0) is 49.5 Å². The number of allylic oxidation sites excluding steroid dienone is 1. The fourth-order valence-electron chi connectivity index (χ4n) is 6.53. The lowest BCUT2D eigenvalue weighted by Gasteiger charge is -2.33. The van der Waals surface area contributed by atoms with E-state index in [0.29, 0.717) is 18.4 Å². The van der Waals surface area contributed by atoms with Crippen LogP contribution in [0.15, 0.2) is 53.6 Å². The lowest BCUT2D eigenvalue weighted by Crippen LogP contribution is -2.58. The van der Waals surface area contributed by atoms with Crippen molar-refractivity contribution in [3.63, 3.8) is 0 Å². The molecule has 328 valence electrons. The summed E-state index contributed by atoms with van der Waals surface area (Å²) in [5, 5.41) is 19.3. The molecule has 5 amide bonds. The minimum atomic E-state index is -1.27. The molecule has 1 aliphatic rings. The number of nitrogens with one attached hydrogen (secondary N) is 3. The maximum atomic E-state index is 14.1. The van der Waals surface area contributed by atoms with Gasteiger partial charge in [0.05, 0.1) is 12.6 Å². The number of amides is 5. The standard InChI is InChI=1S/C44H67N5O10/c1-13-25(4)36-39(52)46-31(10)44(57)58-37(26(5)14-2)29(8)34(50)22-21-28(7)43(56)59-38(27(6)15-3)40(53)45-30(9)41(54)49(12)33(23-32-19-17-16-18-20-32)42(55)48(11)24-35(51)47-36/h14,16-21,25,27,29-31,33-34,36-38,50H,13,15,22-24H2,1-12H3,(H,45,53)(H,46,52)(H,47,51)/b26-14+,28-21+/t25-,27+,29-,30-,31+,33+,34-,36+,37+,38+/m0/s1. The van der Waals surface area contributed by atoms with Gasteiger partial charge in [0.25, 0.3) is 5.91 Å². The summed E-state index contributed by atoms with van der Waals surface area (Å²) >= 11 is 0. The third kappa shape index (κ3) is 14.3. The number of carbonyl (C=O) groups is 7. The fourth-order valence-corrected chi connectivity index (χ4v) is 6.53. The number of aliphatic hydroxyl groups excluding tert-OH is 1. The first-order chi connectivity index (χ1) is 27.7. The zero-order valence-corrected chi connectivity index (χ0v) is 36.9. The lowest BCUT2D eigenvalue weighted by molar-refractivity contribution is -0.156. The van der Waals surface area contributed by atoms with Gasteiger partial charge in [0.15, 0.2) is 6.10 Å². The summed E-state index contributed by atoms with van der Waals surface area (Å²) in [5.74, 6) is -6.20. The predicted octanol–water partition coefficient (Wildman–Crippen LogP) is 3.24. The summed E-state index contributed by atoms with van der Waals surface area (Å²) in [6.07, 6.45) is 0.991. The second kappa shape index (κ2) is 23.5. The molecule has 0 fully saturated rings. The SMILES string of the molecule is C/C=C(\C)[C@H]1OC(=O)[C@@H](C)NC(=O)[C@@H]([C@@H](C)CC)NC(=O)CN(C)C(=O)[C@@H](Cc2ccccc2)N(C)C(=O)[C@H](C)NC(=O)[C@@H]([C@H](C)CC)OC(=O)/C(C)=C/C[C@H](O)[C@@H]1C. The highest BCUT2D eigenvalue weighted by Crippen LogP contribution is 2.24. The van der Waals surface area contributed by atoms with Gasteiger partial charge in [0.2, 0.25) is 23.6 Å². The van der Waals surface area contributed by atoms with Crippen molar-refractivity contribution >= 4 is 41.5 Å². The summed E-state index contributed by atoms with van der Waals surface area (Å²) < 4.78 is 11.6. The molecule has 0 radical (unpaired) electrons. The number of hydrogen-bond acceptors (Lipinski definition) is 10. The van der Waals surface area contributed by atoms with E-state index in [2.05, 4.69) is 16.0 Å². The van der Waals surface area contributed by atoms with Crippen LogP contribution < -0.4 is 16.0 Å². The number of cyclic esters (lactones) is 2. The second-order valence-corrected chi connectivity index (χ2v) is 15.9. The Balaban J connectivity index is 2.63. The average molecular weight is 826 g/mol. The molecule has 0 aromatic heterocycles. The number of benzene rings is 1. The molecule has 10 atom stereocenters. The highest BCUT2D eigenvalue weighted by molar-refractivity contribution is 5.96. The van der Waals surface area contributed by atoms with Gasteiger partial charge in [0.1, 0.15) is 30.3 Å². The molecule has 1 heterocycles. The highest BCUT2D eigenvalue weighted by atomic mass is 16.6. The summed E-state index contributed by atoms with van der Waals surface area (Å²) in [4.78, 5) is 98.1. The Kier molecular flexibility index (Phi) is 20.0. The molecule has 0 bridgehead atoms. The maximum Gasteiger partial charge on any atom is 0.334 e. The first-order valence-corrected chi connectivity index (χ1v) is 20.5. The Labute approximate surface area is 349 Å². The van der Waals surface area contributed by atoms with E-state index < -0.39 is 102 Å². The van der Waals surface area contributed by atoms with Crippen LogP contribution in [0.1, 0.15) is 94.1 Å². The van der Waals surface area contributed by atoms with Gasteiger partial charge in [-0.1, -0.05) is 83.5 Å². The van der Waals surface area contributed by atoms with Crippen molar-refractivity contribution in [2.45, 2.75) is 137 Å². The van der Waals surface area contributed by atoms with Gasteiger partial charge >= 0.3 is 11.9 Å². The predicted molar refractivity (Wildman–Crippen MR) is 223 cm³/mol. The molecule has 0 unspecified atom stereocenters. The number of likely N-dealkylation sites (N-methyl/N-ethyl adjacent to an activating group) is 2. The maximum absolute atomic E-state index is 14.1. The van der Waals surface area contributed by atoms with Crippen molar-refractivity contribution < 1.29 is 48.1 Å². The van der Waals surface area contributed by atoms with Crippen LogP contribution >= 0.6 is 0 Å². The first kappa shape index (κ1) is 50.1. The van der Waals surface area contributed by atoms with Crippen molar-refractivity contribution in [2.24, 2.45) is 17.8 Å². The zero-order chi connectivity index (χ0) is 44.7. The van der Waals surface area contributed by atoms with Crippen molar-refractivity contribution in [2.75, 3.05) is 20.6 Å². The summed E-state index contributed by atoms with van der Waals surface area (Å²) in [7, 11) is 2.85. The van der Waals surface area contributed by atoms with Crippen LogP contribution in [-0.4, -0.2) is 120 Å². The number of nitrogens with zero attached hydrogens (tertiary/aromatic N) is 2. The van der Waals surface area contributed by atoms with Crippen molar-refractivity contribution in [1.82, 2.24) is 25.8 Å². The summed E-state index contributed by atoms with van der Waals surface area (Å²) in [5.41, 5.74) is 1.51. The minimum absolute atomic E-state index is 0.0220. The van der Waals surface area contributed by atoms with E-state index in [1.165, 1.54) is 50.7 Å². The molecular formula is C44H67N5O10. The summed E-state index contributed by atoms with van der Waals surface area (Å²) in [6.45, 7) is 16.3. The number of hydrogen-bond donors (Lipinski definition) is 4. The van der Waals surface area contributed by atoms with E-state index in [1.54, 1.807) is 65.0 Å². The zero-order valence-electron chi connectivity index (χ0n) is 36.9. The first-order valence-electron chi connectivity index (χ1n) is 20.5. The molecule has 4 N–H and O–H groups in total. The molecule has 2 rings (SSSR count). The normalized spacial score (nSPS) is 29.3. The molecule has 1 aromatic rings. The van der Waals surface area contributed by atoms with Gasteiger partial charge in [-0.3, -0.25) is 24.0 Å². The second-order valence-electron chi connectivity index (χ2n) is 15.9. The van der Waals surface area contributed by atoms with E-state index in [1.807, 2.05) is 19.9 Å². The topological polar surface area (TPSA) is 201 Å². The molecule has 0 aliphatic carbocycles. The van der Waals surface area contributed by atoms with Crippen LogP contribution in [0.5, 0.6) is 0 Å². The van der Waals surface area contributed by atoms with E-state index in [-0.39, 0.29) is 24.3 Å². The number of esters is 2. The van der Waals surface area contributed by atoms with E-state index in [9.17, 15) is 38.7 Å². The number of rotatable bonds is 7. The van der Waals surface area contributed by atoms with Crippen molar-refractivity contribution in [1.29, 1.82) is 0 Å². The highest BCUT2D eigenvalue weighted by Gasteiger charge is 2.37. The van der Waals surface area contributed by atoms with Gasteiger partial charge in [-0.05, 0) is 64.5 Å². The van der Waals surface area contributed by atoms with Gasteiger partial charge < -0.3 is 40.3 Å². The lowest BCUT2D eigenvalue weighted by atomic mass is 9.90. The van der Waals surface area contributed by atoms with Crippen LogP contribution in [0.4, 0.5) is 0 Å². The molecule has 1 aliphatic heterocycles. The van der Waals surface area contributed by atoms with Gasteiger partial charge in [-0.2, -0.15) is 0 Å². The van der Waals surface area contributed by atoms with Crippen molar-refractivity contribution in [3.8, 4) is 0 Å².